The standard InChI is InChI=1S/C35H28O8/c1-39-24-13-9-21(10-14-24)17-18-41-28-6-4-3-5-25(28)27-20-31(36)42-29-16-15-26-33(37)30(43-34(26)32(27)29)19-22-7-11-23(12-8-22)35(38)40-2/h3-16,19,27H,17-18,20H2,1-2H3/b30-19-/t27-/m0/s1. The van der Waals surface area contributed by atoms with Gasteiger partial charge in [0.2, 0.25) is 5.78 Å². The first kappa shape index (κ1) is 27.8. The van der Waals surface area contributed by atoms with Crippen LogP contribution in [-0.4, -0.2) is 38.5 Å². The van der Waals surface area contributed by atoms with E-state index < -0.39 is 11.9 Å². The lowest BCUT2D eigenvalue weighted by atomic mass is 9.84. The normalized spacial score (nSPS) is 16.1. The van der Waals surface area contributed by atoms with E-state index in [1.54, 1.807) is 49.6 Å². The van der Waals surface area contributed by atoms with Gasteiger partial charge in [-0.2, -0.15) is 0 Å². The third-order valence-electron chi connectivity index (χ3n) is 7.51. The van der Waals surface area contributed by atoms with Crippen molar-refractivity contribution in [2.75, 3.05) is 20.8 Å². The topological polar surface area (TPSA) is 97.4 Å². The van der Waals surface area contributed by atoms with Crippen LogP contribution in [0.2, 0.25) is 0 Å². The minimum atomic E-state index is -0.449. The van der Waals surface area contributed by atoms with Crippen molar-refractivity contribution in [2.24, 2.45) is 0 Å². The summed E-state index contributed by atoms with van der Waals surface area (Å²) in [7, 11) is 2.95. The number of methoxy groups -OCH3 is 2. The third-order valence-corrected chi connectivity index (χ3v) is 7.51. The van der Waals surface area contributed by atoms with Crippen molar-refractivity contribution in [2.45, 2.75) is 18.8 Å². The maximum Gasteiger partial charge on any atom is 0.337 e. The molecule has 0 spiro atoms. The molecule has 6 rings (SSSR count). The number of ether oxygens (including phenoxy) is 5. The number of allylic oxidation sites excluding steroid dienone is 1. The van der Waals surface area contributed by atoms with Crippen molar-refractivity contribution in [3.63, 3.8) is 0 Å². The predicted octanol–water partition coefficient (Wildman–Crippen LogP) is 6.16. The van der Waals surface area contributed by atoms with Crippen molar-refractivity contribution in [1.29, 1.82) is 0 Å². The first-order chi connectivity index (χ1) is 20.9. The molecule has 2 aliphatic rings. The summed E-state index contributed by atoms with van der Waals surface area (Å²) in [6.45, 7) is 0.427. The zero-order valence-electron chi connectivity index (χ0n) is 23.6. The molecule has 0 fully saturated rings. The fourth-order valence-corrected chi connectivity index (χ4v) is 5.33. The number of ketones is 1. The molecule has 0 N–H and O–H groups in total. The second-order valence-electron chi connectivity index (χ2n) is 10.1. The average Bonchev–Trinajstić information content (AvgIpc) is 3.35. The SMILES string of the molecule is COC(=O)c1ccc(/C=C2\Oc3c(ccc4c3[C@H](c3ccccc3OCCc3ccc(OC)cc3)CC(=O)O4)C2=O)cc1. The third kappa shape index (κ3) is 5.59. The molecule has 0 bridgehead atoms. The fourth-order valence-electron chi connectivity index (χ4n) is 5.33. The van der Waals surface area contributed by atoms with Gasteiger partial charge in [-0.3, -0.25) is 9.59 Å². The number of carbonyl (C=O) groups excluding carboxylic acids is 3. The molecule has 2 heterocycles. The summed E-state index contributed by atoms with van der Waals surface area (Å²) in [5.74, 6) is 0.729. The van der Waals surface area contributed by atoms with Gasteiger partial charge in [0.1, 0.15) is 23.0 Å². The minimum Gasteiger partial charge on any atom is -0.497 e. The Bertz CT molecular complexity index is 1740. The van der Waals surface area contributed by atoms with Gasteiger partial charge in [0.05, 0.1) is 38.4 Å². The zero-order chi connectivity index (χ0) is 29.9. The molecule has 4 aromatic carbocycles. The molecule has 0 saturated heterocycles. The van der Waals surface area contributed by atoms with E-state index >= 15 is 0 Å². The predicted molar refractivity (Wildman–Crippen MR) is 158 cm³/mol. The summed E-state index contributed by atoms with van der Waals surface area (Å²) in [6, 6.07) is 25.3. The Morgan fingerprint density at radius 2 is 1.67 bits per heavy atom. The lowest BCUT2D eigenvalue weighted by Gasteiger charge is -2.27. The van der Waals surface area contributed by atoms with Crippen molar-refractivity contribution in [3.05, 3.63) is 124 Å². The minimum absolute atomic E-state index is 0.0634. The Labute approximate surface area is 248 Å². The molecule has 0 saturated carbocycles. The molecule has 0 aromatic heterocycles. The van der Waals surface area contributed by atoms with Crippen LogP contribution in [0.25, 0.3) is 6.08 Å². The summed E-state index contributed by atoms with van der Waals surface area (Å²) in [6.07, 6.45) is 2.37. The van der Waals surface area contributed by atoms with E-state index in [2.05, 4.69) is 0 Å². The second kappa shape index (κ2) is 11.9. The first-order valence-corrected chi connectivity index (χ1v) is 13.8. The highest BCUT2D eigenvalue weighted by Gasteiger charge is 2.39. The van der Waals surface area contributed by atoms with Crippen molar-refractivity contribution in [1.82, 2.24) is 0 Å². The van der Waals surface area contributed by atoms with Crippen LogP contribution in [0, 0.1) is 0 Å². The van der Waals surface area contributed by atoms with Crippen LogP contribution in [-0.2, 0) is 16.0 Å². The summed E-state index contributed by atoms with van der Waals surface area (Å²) in [5.41, 5.74) is 3.99. The van der Waals surface area contributed by atoms with Crippen molar-refractivity contribution in [3.8, 4) is 23.0 Å². The Hall–Kier alpha value is -5.37. The summed E-state index contributed by atoms with van der Waals surface area (Å²) >= 11 is 0. The molecule has 0 amide bonds. The molecular formula is C35H28O8. The van der Waals surface area contributed by atoms with E-state index in [1.165, 1.54) is 7.11 Å². The average molecular weight is 577 g/mol. The molecule has 0 unspecified atom stereocenters. The van der Waals surface area contributed by atoms with E-state index in [0.29, 0.717) is 52.5 Å². The van der Waals surface area contributed by atoms with Gasteiger partial charge in [0.25, 0.3) is 0 Å². The number of carbonyl (C=O) groups is 3. The largest absolute Gasteiger partial charge is 0.497 e. The number of benzene rings is 4. The van der Waals surface area contributed by atoms with Gasteiger partial charge in [-0.15, -0.1) is 0 Å². The summed E-state index contributed by atoms with van der Waals surface area (Å²) < 4.78 is 28.0. The number of fused-ring (bicyclic) bond motifs is 3. The smallest absolute Gasteiger partial charge is 0.337 e. The maximum atomic E-state index is 13.4. The summed E-state index contributed by atoms with van der Waals surface area (Å²) in [4.78, 5) is 37.9. The summed E-state index contributed by atoms with van der Waals surface area (Å²) in [5, 5.41) is 0. The Balaban J connectivity index is 1.29. The lowest BCUT2D eigenvalue weighted by Crippen LogP contribution is -2.22. The van der Waals surface area contributed by atoms with E-state index in [-0.39, 0.29) is 23.9 Å². The van der Waals surface area contributed by atoms with Crippen molar-refractivity contribution < 1.29 is 38.1 Å². The van der Waals surface area contributed by atoms with Gasteiger partial charge < -0.3 is 23.7 Å². The van der Waals surface area contributed by atoms with Crippen LogP contribution in [0.5, 0.6) is 23.0 Å². The highest BCUT2D eigenvalue weighted by Crippen LogP contribution is 2.50. The quantitative estimate of drug-likeness (QED) is 0.140. The van der Waals surface area contributed by atoms with Crippen LogP contribution in [0.4, 0.5) is 0 Å². The van der Waals surface area contributed by atoms with E-state index in [4.69, 9.17) is 23.7 Å². The lowest BCUT2D eigenvalue weighted by molar-refractivity contribution is -0.135. The number of esters is 2. The van der Waals surface area contributed by atoms with Crippen LogP contribution >= 0.6 is 0 Å². The van der Waals surface area contributed by atoms with Crippen LogP contribution in [0.1, 0.15) is 55.3 Å². The van der Waals surface area contributed by atoms with Gasteiger partial charge in [0, 0.05) is 23.5 Å². The zero-order valence-corrected chi connectivity index (χ0v) is 23.6. The molecule has 4 aromatic rings. The van der Waals surface area contributed by atoms with E-state index in [9.17, 15) is 14.4 Å². The molecule has 0 aliphatic carbocycles. The second-order valence-corrected chi connectivity index (χ2v) is 10.1. The van der Waals surface area contributed by atoms with Crippen LogP contribution in [0.3, 0.4) is 0 Å². The van der Waals surface area contributed by atoms with E-state index in [1.807, 2.05) is 48.5 Å². The highest BCUT2D eigenvalue weighted by molar-refractivity contribution is 6.15. The monoisotopic (exact) mass is 576 g/mol. The number of para-hydroxylation sites is 1. The van der Waals surface area contributed by atoms with Crippen LogP contribution < -0.4 is 18.9 Å². The Morgan fingerprint density at radius 1 is 0.907 bits per heavy atom. The van der Waals surface area contributed by atoms with Crippen LogP contribution in [0.15, 0.2) is 90.7 Å². The van der Waals surface area contributed by atoms with Gasteiger partial charge in [-0.25, -0.2) is 4.79 Å². The maximum absolute atomic E-state index is 13.4. The molecule has 8 heteroatoms. The van der Waals surface area contributed by atoms with Gasteiger partial charge in [-0.1, -0.05) is 42.5 Å². The highest BCUT2D eigenvalue weighted by atomic mass is 16.5. The molecule has 43 heavy (non-hydrogen) atoms. The molecule has 0 radical (unpaired) electrons. The molecule has 8 nitrogen and oxygen atoms in total. The van der Waals surface area contributed by atoms with Crippen molar-refractivity contribution >= 4 is 23.8 Å². The first-order valence-electron chi connectivity index (χ1n) is 13.8. The van der Waals surface area contributed by atoms with Gasteiger partial charge in [-0.05, 0) is 59.7 Å². The molecule has 1 atom stereocenters. The number of Topliss-reactive ketones (excluding diaryl/α,β-unsaturated/α-hetero) is 1. The van der Waals surface area contributed by atoms with Gasteiger partial charge >= 0.3 is 11.9 Å². The number of rotatable bonds is 8. The molecule has 216 valence electrons. The Morgan fingerprint density at radius 3 is 2.42 bits per heavy atom. The van der Waals surface area contributed by atoms with E-state index in [0.717, 1.165) is 16.9 Å². The number of hydrogen-bond acceptors (Lipinski definition) is 8. The fraction of sp³-hybridized carbons (Fsp3) is 0.171. The molecule has 2 aliphatic heterocycles. The molecular weight excluding hydrogens is 548 g/mol. The Kier molecular flexibility index (Phi) is 7.66. The number of hydrogen-bond donors (Lipinski definition) is 0. The van der Waals surface area contributed by atoms with Gasteiger partial charge in [0.15, 0.2) is 5.76 Å².